The molecule has 2 aliphatic heterocycles. The second kappa shape index (κ2) is 13.1. The number of hydrogen-bond donors (Lipinski definition) is 1. The zero-order valence-corrected chi connectivity index (χ0v) is 26.8. The van der Waals surface area contributed by atoms with Crippen molar-refractivity contribution in [3.05, 3.63) is 29.8 Å². The van der Waals surface area contributed by atoms with Crippen LogP contribution in [0, 0.1) is 17.3 Å². The Labute approximate surface area is 263 Å². The number of rotatable bonds is 3. The maximum absolute atomic E-state index is 16.1. The van der Waals surface area contributed by atoms with Gasteiger partial charge in [0.2, 0.25) is 11.8 Å². The van der Waals surface area contributed by atoms with Crippen molar-refractivity contribution in [1.82, 2.24) is 15.2 Å². The Morgan fingerprint density at radius 3 is 2.53 bits per heavy atom. The molecule has 2 amide bonds. The van der Waals surface area contributed by atoms with Gasteiger partial charge in [0, 0.05) is 23.8 Å². The van der Waals surface area contributed by atoms with Crippen molar-refractivity contribution in [3.8, 4) is 11.6 Å². The fourth-order valence-corrected chi connectivity index (χ4v) is 7.17. The molecule has 11 heteroatoms. The smallest absolute Gasteiger partial charge is 0.408 e. The molecule has 1 aromatic carbocycles. The summed E-state index contributed by atoms with van der Waals surface area (Å²) in [6, 6.07) is 4.61. The summed E-state index contributed by atoms with van der Waals surface area (Å²) in [7, 11) is 1.52. The molecule has 0 spiro atoms. The number of halogens is 2. The summed E-state index contributed by atoms with van der Waals surface area (Å²) in [6.07, 6.45) is 2.83. The first kappa shape index (κ1) is 32.9. The van der Waals surface area contributed by atoms with Crippen LogP contribution in [0.3, 0.4) is 0 Å². The summed E-state index contributed by atoms with van der Waals surface area (Å²) in [5.41, 5.74) is -0.598. The molecule has 1 saturated heterocycles. The Kier molecular flexibility index (Phi) is 9.56. The van der Waals surface area contributed by atoms with Gasteiger partial charge in [-0.25, -0.2) is 18.6 Å². The van der Waals surface area contributed by atoms with E-state index in [9.17, 15) is 14.4 Å². The summed E-state index contributed by atoms with van der Waals surface area (Å²) in [6.45, 7) is 7.33. The number of aromatic nitrogens is 1. The Hall–Kier alpha value is -3.50. The van der Waals surface area contributed by atoms with E-state index in [0.717, 1.165) is 12.8 Å². The zero-order chi connectivity index (χ0) is 32.5. The van der Waals surface area contributed by atoms with Gasteiger partial charge in [-0.3, -0.25) is 4.79 Å². The molecule has 1 N–H and O–H groups in total. The molecule has 0 unspecified atom stereocenters. The number of methoxy groups -OCH3 is 1. The number of nitrogens with zero attached hydrogens (tertiary/aromatic N) is 2. The molecule has 1 aromatic heterocycles. The molecule has 1 saturated carbocycles. The van der Waals surface area contributed by atoms with Crippen LogP contribution in [-0.2, 0) is 20.2 Å². The number of pyridine rings is 1. The molecule has 5 rings (SSSR count). The predicted molar refractivity (Wildman–Crippen MR) is 164 cm³/mol. The Bertz CT molecular complexity index is 1410. The number of fused-ring (bicyclic) bond motifs is 5. The van der Waals surface area contributed by atoms with Crippen LogP contribution in [0.15, 0.2) is 24.3 Å². The third-order valence-corrected chi connectivity index (χ3v) is 9.73. The van der Waals surface area contributed by atoms with E-state index in [0.29, 0.717) is 48.6 Å². The van der Waals surface area contributed by atoms with E-state index in [-0.39, 0.29) is 36.4 Å². The van der Waals surface area contributed by atoms with Crippen LogP contribution in [0.4, 0.5) is 13.6 Å². The molecule has 9 nitrogen and oxygen atoms in total. The van der Waals surface area contributed by atoms with E-state index in [4.69, 9.17) is 14.2 Å². The van der Waals surface area contributed by atoms with Crippen LogP contribution in [0.1, 0.15) is 84.6 Å². The Balaban J connectivity index is 1.58. The SMILES string of the molecule is CC[C@@H]1[C@@H]2CN(C(=O)[C@H](C(C)(C)C)NC(=O)O[C@@H]3CCC[C@H]3CCCCC(F)(F)c3cc4ccc(OC)cc4nc3O2)[C@@H]1C=O. The number of amides is 2. The molecule has 3 aliphatic rings. The molecular weight excluding hydrogens is 584 g/mol. The lowest BCUT2D eigenvalue weighted by atomic mass is 9.85. The van der Waals surface area contributed by atoms with Crippen LogP contribution in [0.25, 0.3) is 10.9 Å². The van der Waals surface area contributed by atoms with Gasteiger partial charge < -0.3 is 29.2 Å². The first-order valence-corrected chi connectivity index (χ1v) is 16.1. The van der Waals surface area contributed by atoms with Crippen molar-refractivity contribution in [2.24, 2.45) is 17.3 Å². The van der Waals surface area contributed by atoms with Gasteiger partial charge in [-0.05, 0) is 68.1 Å². The lowest BCUT2D eigenvalue weighted by Gasteiger charge is -2.35. The lowest BCUT2D eigenvalue weighted by molar-refractivity contribution is -0.139. The molecule has 246 valence electrons. The fourth-order valence-electron chi connectivity index (χ4n) is 7.17. The second-order valence-corrected chi connectivity index (χ2v) is 13.8. The number of nitrogens with one attached hydrogen (secondary N) is 1. The molecule has 2 bridgehead atoms. The monoisotopic (exact) mass is 629 g/mol. The maximum Gasteiger partial charge on any atom is 0.408 e. The largest absolute Gasteiger partial charge is 0.497 e. The Morgan fingerprint density at radius 1 is 1.09 bits per heavy atom. The average Bonchev–Trinajstić information content (AvgIpc) is 3.59. The highest BCUT2D eigenvalue weighted by molar-refractivity contribution is 5.89. The highest BCUT2D eigenvalue weighted by Gasteiger charge is 2.49. The quantitative estimate of drug-likeness (QED) is 0.392. The number of hydrogen-bond acceptors (Lipinski definition) is 7. The van der Waals surface area contributed by atoms with Crippen LogP contribution >= 0.6 is 0 Å². The van der Waals surface area contributed by atoms with Gasteiger partial charge in [0.15, 0.2) is 0 Å². The second-order valence-electron chi connectivity index (χ2n) is 13.8. The molecule has 45 heavy (non-hydrogen) atoms. The topological polar surface area (TPSA) is 107 Å². The predicted octanol–water partition coefficient (Wildman–Crippen LogP) is 6.40. The number of carbonyl (C=O) groups is 3. The lowest BCUT2D eigenvalue weighted by Crippen LogP contribution is -2.56. The molecule has 1 aliphatic carbocycles. The minimum absolute atomic E-state index is 0.0302. The fraction of sp³-hybridized carbons (Fsp3) is 0.647. The van der Waals surface area contributed by atoms with Crippen LogP contribution in [-0.4, -0.2) is 66.1 Å². The number of carbonyl (C=O) groups excluding carboxylic acids is 3. The number of benzene rings is 1. The first-order valence-electron chi connectivity index (χ1n) is 16.1. The molecular formula is C34H45F2N3O6. The molecule has 0 radical (unpaired) electrons. The first-order chi connectivity index (χ1) is 21.4. The minimum Gasteiger partial charge on any atom is -0.497 e. The summed E-state index contributed by atoms with van der Waals surface area (Å²) >= 11 is 0. The third kappa shape index (κ3) is 6.87. The van der Waals surface area contributed by atoms with Crippen molar-refractivity contribution in [2.45, 2.75) is 109 Å². The number of ether oxygens (including phenoxy) is 3. The van der Waals surface area contributed by atoms with Crippen molar-refractivity contribution < 1.29 is 37.4 Å². The highest BCUT2D eigenvalue weighted by atomic mass is 19.3. The Morgan fingerprint density at radius 2 is 1.84 bits per heavy atom. The van der Waals surface area contributed by atoms with Crippen LogP contribution < -0.4 is 14.8 Å². The van der Waals surface area contributed by atoms with Gasteiger partial charge in [0.05, 0.1) is 30.8 Å². The molecule has 2 fully saturated rings. The summed E-state index contributed by atoms with van der Waals surface area (Å²) in [5.74, 6) is -3.81. The van der Waals surface area contributed by atoms with Gasteiger partial charge in [0.1, 0.15) is 30.3 Å². The standard InChI is InChI=1S/C34H45F2N3O6/c1-6-23-26(19-40)39-18-28(23)44-30-24(16-21-13-14-22(43-5)17-25(21)37-30)34(35,36)15-8-7-10-20-11-9-12-27(20)45-32(42)38-29(31(39)41)33(2,3)4/h13-14,16-17,19-20,23,26-29H,6-12,15,18H2,1-5H3,(H,38,42)/t20-,23+,26-,27-,28+,29-/m1/s1. The molecule has 3 heterocycles. The van der Waals surface area contributed by atoms with Gasteiger partial charge in [0.25, 0.3) is 5.92 Å². The van der Waals surface area contributed by atoms with E-state index in [2.05, 4.69) is 10.3 Å². The van der Waals surface area contributed by atoms with E-state index in [1.54, 1.807) is 18.2 Å². The van der Waals surface area contributed by atoms with Crippen molar-refractivity contribution in [2.75, 3.05) is 13.7 Å². The number of alkyl carbamates (subject to hydrolysis) is 1. The third-order valence-electron chi connectivity index (χ3n) is 9.73. The van der Waals surface area contributed by atoms with Gasteiger partial charge in [-0.15, -0.1) is 0 Å². The van der Waals surface area contributed by atoms with Gasteiger partial charge in [-0.2, -0.15) is 0 Å². The number of aldehydes is 1. The normalized spacial score (nSPS) is 29.4. The minimum atomic E-state index is -3.25. The van der Waals surface area contributed by atoms with Crippen molar-refractivity contribution >= 4 is 29.2 Å². The van der Waals surface area contributed by atoms with E-state index in [1.165, 1.54) is 18.1 Å². The van der Waals surface area contributed by atoms with Crippen molar-refractivity contribution in [1.29, 1.82) is 0 Å². The maximum atomic E-state index is 16.1. The van der Waals surface area contributed by atoms with Gasteiger partial charge in [-0.1, -0.05) is 34.1 Å². The van der Waals surface area contributed by atoms with E-state index < -0.39 is 53.9 Å². The van der Waals surface area contributed by atoms with E-state index in [1.807, 2.05) is 27.7 Å². The van der Waals surface area contributed by atoms with Gasteiger partial charge >= 0.3 is 6.09 Å². The average molecular weight is 630 g/mol. The molecule has 6 atom stereocenters. The summed E-state index contributed by atoms with van der Waals surface area (Å²) < 4.78 is 49.7. The summed E-state index contributed by atoms with van der Waals surface area (Å²) in [4.78, 5) is 45.8. The zero-order valence-electron chi connectivity index (χ0n) is 26.8. The summed E-state index contributed by atoms with van der Waals surface area (Å²) in [5, 5.41) is 3.33. The molecule has 2 aromatic rings. The number of alkyl halides is 2. The van der Waals surface area contributed by atoms with E-state index >= 15 is 8.78 Å². The van der Waals surface area contributed by atoms with Crippen molar-refractivity contribution in [3.63, 3.8) is 0 Å². The highest BCUT2D eigenvalue weighted by Crippen LogP contribution is 2.43. The van der Waals surface area contributed by atoms with Crippen LogP contribution in [0.5, 0.6) is 11.6 Å². The van der Waals surface area contributed by atoms with Crippen LogP contribution in [0.2, 0.25) is 0 Å².